The predicted octanol–water partition coefficient (Wildman–Crippen LogP) is 1.06. The van der Waals surface area contributed by atoms with Crippen LogP contribution in [-0.2, 0) is 11.3 Å². The molecule has 1 amide bonds. The third kappa shape index (κ3) is 5.03. The van der Waals surface area contributed by atoms with E-state index >= 15 is 0 Å². The summed E-state index contributed by atoms with van der Waals surface area (Å²) in [4.78, 5) is 17.4. The van der Waals surface area contributed by atoms with Crippen LogP contribution in [0.25, 0.3) is 0 Å². The molecule has 2 aliphatic rings. The number of carbonyl (C=O) groups excluding carboxylic acids is 1. The molecule has 1 aromatic rings. The van der Waals surface area contributed by atoms with Gasteiger partial charge in [-0.15, -0.1) is 0 Å². The van der Waals surface area contributed by atoms with Gasteiger partial charge >= 0.3 is 0 Å². The SMILES string of the molecule is O=C(NCCN1CCNCC1)C1CCCCN1Cc1ccccc1. The van der Waals surface area contributed by atoms with Crippen molar-refractivity contribution in [2.75, 3.05) is 45.8 Å². The quantitative estimate of drug-likeness (QED) is 0.819. The molecule has 3 rings (SSSR count). The van der Waals surface area contributed by atoms with Crippen molar-refractivity contribution in [2.45, 2.75) is 31.8 Å². The van der Waals surface area contributed by atoms with Gasteiger partial charge in [0.15, 0.2) is 0 Å². The number of amides is 1. The van der Waals surface area contributed by atoms with Gasteiger partial charge in [0.05, 0.1) is 6.04 Å². The zero-order valence-corrected chi connectivity index (χ0v) is 14.5. The Hall–Kier alpha value is -1.43. The first-order valence-corrected chi connectivity index (χ1v) is 9.32. The zero-order valence-electron chi connectivity index (χ0n) is 14.5. The van der Waals surface area contributed by atoms with Crippen LogP contribution in [-0.4, -0.2) is 67.6 Å². The maximum atomic E-state index is 12.7. The van der Waals surface area contributed by atoms with Crippen LogP contribution in [0, 0.1) is 0 Å². The Kier molecular flexibility index (Phi) is 6.64. The number of hydrogen-bond acceptors (Lipinski definition) is 4. The number of likely N-dealkylation sites (tertiary alicyclic amines) is 1. The molecule has 2 fully saturated rings. The minimum Gasteiger partial charge on any atom is -0.353 e. The molecule has 132 valence electrons. The summed E-state index contributed by atoms with van der Waals surface area (Å²) in [5, 5.41) is 6.53. The number of piperazine rings is 1. The molecule has 24 heavy (non-hydrogen) atoms. The van der Waals surface area contributed by atoms with Gasteiger partial charge in [0.1, 0.15) is 0 Å². The monoisotopic (exact) mass is 330 g/mol. The molecule has 2 saturated heterocycles. The van der Waals surface area contributed by atoms with Crippen LogP contribution in [0.15, 0.2) is 30.3 Å². The van der Waals surface area contributed by atoms with Gasteiger partial charge in [-0.2, -0.15) is 0 Å². The molecule has 1 aromatic carbocycles. The molecule has 1 unspecified atom stereocenters. The fourth-order valence-corrected chi connectivity index (χ4v) is 3.68. The number of hydrogen-bond donors (Lipinski definition) is 2. The Balaban J connectivity index is 1.47. The summed E-state index contributed by atoms with van der Waals surface area (Å²) in [6.45, 7) is 7.89. The molecule has 5 heteroatoms. The summed E-state index contributed by atoms with van der Waals surface area (Å²) in [6.07, 6.45) is 3.32. The Morgan fingerprint density at radius 2 is 1.92 bits per heavy atom. The molecular weight excluding hydrogens is 300 g/mol. The van der Waals surface area contributed by atoms with Gasteiger partial charge in [0, 0.05) is 45.8 Å². The molecule has 2 heterocycles. The maximum Gasteiger partial charge on any atom is 0.237 e. The second-order valence-electron chi connectivity index (χ2n) is 6.85. The van der Waals surface area contributed by atoms with E-state index in [0.717, 1.165) is 65.2 Å². The van der Waals surface area contributed by atoms with Crippen LogP contribution in [0.1, 0.15) is 24.8 Å². The minimum atomic E-state index is 0.0296. The molecule has 0 aliphatic carbocycles. The molecule has 0 radical (unpaired) electrons. The number of benzene rings is 1. The molecule has 0 aromatic heterocycles. The molecule has 0 bridgehead atoms. The summed E-state index contributed by atoms with van der Waals surface area (Å²) in [6, 6.07) is 10.5. The van der Waals surface area contributed by atoms with Crippen molar-refractivity contribution in [3.05, 3.63) is 35.9 Å². The Morgan fingerprint density at radius 1 is 1.12 bits per heavy atom. The lowest BCUT2D eigenvalue weighted by Gasteiger charge is -2.35. The molecule has 1 atom stereocenters. The number of nitrogens with one attached hydrogen (secondary N) is 2. The molecule has 2 N–H and O–H groups in total. The van der Waals surface area contributed by atoms with E-state index in [4.69, 9.17) is 0 Å². The predicted molar refractivity (Wildman–Crippen MR) is 96.8 cm³/mol. The van der Waals surface area contributed by atoms with E-state index in [2.05, 4.69) is 44.7 Å². The highest BCUT2D eigenvalue weighted by molar-refractivity contribution is 5.81. The first-order chi connectivity index (χ1) is 11.8. The van der Waals surface area contributed by atoms with Crippen molar-refractivity contribution in [1.82, 2.24) is 20.4 Å². The fourth-order valence-electron chi connectivity index (χ4n) is 3.68. The molecular formula is C19H30N4O. The average molecular weight is 330 g/mol. The second-order valence-corrected chi connectivity index (χ2v) is 6.85. The highest BCUT2D eigenvalue weighted by Crippen LogP contribution is 2.19. The van der Waals surface area contributed by atoms with Crippen LogP contribution in [0.4, 0.5) is 0 Å². The highest BCUT2D eigenvalue weighted by atomic mass is 16.2. The van der Waals surface area contributed by atoms with Gasteiger partial charge in [-0.25, -0.2) is 0 Å². The Morgan fingerprint density at radius 3 is 2.71 bits per heavy atom. The summed E-state index contributed by atoms with van der Waals surface area (Å²) in [7, 11) is 0. The van der Waals surface area contributed by atoms with Crippen LogP contribution in [0.3, 0.4) is 0 Å². The van der Waals surface area contributed by atoms with E-state index in [1.165, 1.54) is 12.0 Å². The highest BCUT2D eigenvalue weighted by Gasteiger charge is 2.28. The minimum absolute atomic E-state index is 0.0296. The third-order valence-electron chi connectivity index (χ3n) is 5.08. The number of carbonyl (C=O) groups is 1. The van der Waals surface area contributed by atoms with E-state index in [-0.39, 0.29) is 11.9 Å². The average Bonchev–Trinajstić information content (AvgIpc) is 2.64. The number of nitrogens with zero attached hydrogens (tertiary/aromatic N) is 2. The van der Waals surface area contributed by atoms with Gasteiger partial charge in [0.25, 0.3) is 0 Å². The lowest BCUT2D eigenvalue weighted by molar-refractivity contribution is -0.128. The molecule has 2 aliphatic heterocycles. The number of piperidine rings is 1. The second kappa shape index (κ2) is 9.16. The van der Waals surface area contributed by atoms with Crippen molar-refractivity contribution in [2.24, 2.45) is 0 Å². The maximum absolute atomic E-state index is 12.7. The normalized spacial score (nSPS) is 23.1. The lowest BCUT2D eigenvalue weighted by Crippen LogP contribution is -2.51. The van der Waals surface area contributed by atoms with Gasteiger partial charge in [-0.1, -0.05) is 36.8 Å². The van der Waals surface area contributed by atoms with Crippen molar-refractivity contribution < 1.29 is 4.79 Å². The van der Waals surface area contributed by atoms with E-state index in [9.17, 15) is 4.79 Å². The Bertz CT molecular complexity index is 501. The van der Waals surface area contributed by atoms with Gasteiger partial charge in [0.2, 0.25) is 5.91 Å². The lowest BCUT2D eigenvalue weighted by atomic mass is 10.0. The summed E-state index contributed by atoms with van der Waals surface area (Å²) < 4.78 is 0. The van der Waals surface area contributed by atoms with Gasteiger partial charge in [-0.05, 0) is 24.9 Å². The molecule has 0 saturated carbocycles. The van der Waals surface area contributed by atoms with Crippen LogP contribution < -0.4 is 10.6 Å². The summed E-state index contributed by atoms with van der Waals surface area (Å²) in [5.41, 5.74) is 1.29. The summed E-state index contributed by atoms with van der Waals surface area (Å²) >= 11 is 0. The van der Waals surface area contributed by atoms with E-state index < -0.39 is 0 Å². The fraction of sp³-hybridized carbons (Fsp3) is 0.632. The van der Waals surface area contributed by atoms with Gasteiger partial charge in [-0.3, -0.25) is 14.6 Å². The first kappa shape index (κ1) is 17.4. The molecule has 5 nitrogen and oxygen atoms in total. The van der Waals surface area contributed by atoms with Crippen molar-refractivity contribution >= 4 is 5.91 Å². The zero-order chi connectivity index (χ0) is 16.6. The van der Waals surface area contributed by atoms with Crippen LogP contribution in [0.2, 0.25) is 0 Å². The first-order valence-electron chi connectivity index (χ1n) is 9.32. The van der Waals surface area contributed by atoms with Crippen LogP contribution in [0.5, 0.6) is 0 Å². The standard InChI is InChI=1S/C19H30N4O/c24-19(21-11-15-22-13-9-20-10-14-22)18-8-4-5-12-23(18)16-17-6-2-1-3-7-17/h1-3,6-7,18,20H,4-5,8-16H2,(H,21,24). The topological polar surface area (TPSA) is 47.6 Å². The van der Waals surface area contributed by atoms with Gasteiger partial charge < -0.3 is 10.6 Å². The summed E-state index contributed by atoms with van der Waals surface area (Å²) in [5.74, 6) is 0.209. The van der Waals surface area contributed by atoms with Crippen molar-refractivity contribution in [1.29, 1.82) is 0 Å². The number of rotatable bonds is 6. The third-order valence-corrected chi connectivity index (χ3v) is 5.08. The van der Waals surface area contributed by atoms with Crippen molar-refractivity contribution in [3.63, 3.8) is 0 Å². The van der Waals surface area contributed by atoms with E-state index in [1.807, 2.05) is 6.07 Å². The Labute approximate surface area is 145 Å². The molecule has 0 spiro atoms. The van der Waals surface area contributed by atoms with E-state index in [0.29, 0.717) is 0 Å². The largest absolute Gasteiger partial charge is 0.353 e. The van der Waals surface area contributed by atoms with Crippen molar-refractivity contribution in [3.8, 4) is 0 Å². The van der Waals surface area contributed by atoms with E-state index in [1.54, 1.807) is 0 Å². The van der Waals surface area contributed by atoms with Crippen LogP contribution >= 0.6 is 0 Å². The smallest absolute Gasteiger partial charge is 0.237 e.